The molecule has 2 N–H and O–H groups in total. The van der Waals surface area contributed by atoms with E-state index >= 15 is 0 Å². The molecule has 0 saturated carbocycles. The summed E-state index contributed by atoms with van der Waals surface area (Å²) in [5.74, 6) is -1.11. The van der Waals surface area contributed by atoms with Crippen LogP contribution in [0, 0.1) is 28.5 Å². The number of nitriles is 2. The van der Waals surface area contributed by atoms with E-state index in [1.54, 1.807) is 48.7 Å². The van der Waals surface area contributed by atoms with Gasteiger partial charge in [0, 0.05) is 5.56 Å². The topological polar surface area (TPSA) is 108 Å². The largest absolute Gasteiger partial charge is 0.370 e. The van der Waals surface area contributed by atoms with Gasteiger partial charge in [0.1, 0.15) is 11.9 Å². The number of carbonyl (C=O) groups excluding carboxylic acids is 1. The van der Waals surface area contributed by atoms with Gasteiger partial charge >= 0.3 is 0 Å². The van der Waals surface area contributed by atoms with Gasteiger partial charge in [-0.3, -0.25) is 4.79 Å². The normalized spacial score (nSPS) is 12.3. The van der Waals surface area contributed by atoms with Crippen molar-refractivity contribution in [1.29, 1.82) is 10.5 Å². The van der Waals surface area contributed by atoms with Gasteiger partial charge in [0.05, 0.1) is 46.9 Å². The van der Waals surface area contributed by atoms with E-state index in [4.69, 9.17) is 5.73 Å². The minimum absolute atomic E-state index is 0.0916. The van der Waals surface area contributed by atoms with E-state index in [-0.39, 0.29) is 12.0 Å². The van der Waals surface area contributed by atoms with Crippen molar-refractivity contribution >= 4 is 16.9 Å². The Kier molecular flexibility index (Phi) is 4.85. The molecule has 6 nitrogen and oxygen atoms in total. The molecule has 140 valence electrons. The molecule has 0 radical (unpaired) electrons. The zero-order valence-electron chi connectivity index (χ0n) is 15.5. The molecular formula is C21H18FN5O. The summed E-state index contributed by atoms with van der Waals surface area (Å²) < 4.78 is 16.5. The maximum absolute atomic E-state index is 14.8. The van der Waals surface area contributed by atoms with E-state index in [0.717, 1.165) is 0 Å². The lowest BCUT2D eigenvalue weighted by molar-refractivity contribution is -0.118. The van der Waals surface area contributed by atoms with E-state index < -0.39 is 23.2 Å². The monoisotopic (exact) mass is 375 g/mol. The zero-order valence-corrected chi connectivity index (χ0v) is 15.5. The minimum Gasteiger partial charge on any atom is -0.370 e. The molecule has 0 aliphatic carbocycles. The van der Waals surface area contributed by atoms with Crippen LogP contribution in [0.2, 0.25) is 0 Å². The highest BCUT2D eigenvalue weighted by molar-refractivity contribution is 5.82. The molecule has 0 spiro atoms. The Balaban J connectivity index is 2.18. The lowest BCUT2D eigenvalue weighted by Crippen LogP contribution is -2.21. The summed E-state index contributed by atoms with van der Waals surface area (Å²) in [6.45, 7) is 3.27. The number of para-hydroxylation sites is 1. The average molecular weight is 375 g/mol. The molecular weight excluding hydrogens is 357 g/mol. The number of primary amides is 1. The minimum atomic E-state index is -0.989. The number of imidazole rings is 1. The third kappa shape index (κ3) is 3.30. The number of aromatic nitrogens is 2. The van der Waals surface area contributed by atoms with E-state index in [1.165, 1.54) is 12.4 Å². The number of fused-ring (bicyclic) bond motifs is 1. The first-order valence-electron chi connectivity index (χ1n) is 8.63. The van der Waals surface area contributed by atoms with Crippen molar-refractivity contribution in [3.63, 3.8) is 0 Å². The Morgan fingerprint density at radius 2 is 2.07 bits per heavy atom. The molecule has 3 aromatic rings. The fourth-order valence-corrected chi connectivity index (χ4v) is 3.29. The second-order valence-electron chi connectivity index (χ2n) is 7.10. The van der Waals surface area contributed by atoms with Crippen molar-refractivity contribution in [3.05, 3.63) is 65.2 Å². The molecule has 0 fully saturated rings. The molecule has 1 unspecified atom stereocenters. The second kappa shape index (κ2) is 7.13. The molecule has 1 atom stereocenters. The highest BCUT2D eigenvalue weighted by atomic mass is 19.1. The predicted molar refractivity (Wildman–Crippen MR) is 101 cm³/mol. The van der Waals surface area contributed by atoms with Gasteiger partial charge in [-0.15, -0.1) is 0 Å². The van der Waals surface area contributed by atoms with E-state index in [0.29, 0.717) is 22.2 Å². The first-order valence-corrected chi connectivity index (χ1v) is 8.63. The Hall–Kier alpha value is -3.71. The summed E-state index contributed by atoms with van der Waals surface area (Å²) in [6, 6.07) is 13.2. The Labute approximate surface area is 161 Å². The predicted octanol–water partition coefficient (Wildman–Crippen LogP) is 3.31. The van der Waals surface area contributed by atoms with Gasteiger partial charge in [-0.05, 0) is 37.6 Å². The van der Waals surface area contributed by atoms with Gasteiger partial charge in [-0.25, -0.2) is 9.37 Å². The SMILES string of the molecule is CC(C)(C#N)c1ccc(C(CC(N)=O)n2cnc3cccc(C#N)c32)cc1F. The highest BCUT2D eigenvalue weighted by Crippen LogP contribution is 2.32. The molecule has 0 bridgehead atoms. The lowest BCUT2D eigenvalue weighted by atomic mass is 9.85. The van der Waals surface area contributed by atoms with E-state index in [9.17, 15) is 19.7 Å². The number of hydrogen-bond acceptors (Lipinski definition) is 4. The summed E-state index contributed by atoms with van der Waals surface area (Å²) in [5.41, 5.74) is 6.76. The zero-order chi connectivity index (χ0) is 20.5. The quantitative estimate of drug-likeness (QED) is 0.738. The highest BCUT2D eigenvalue weighted by Gasteiger charge is 2.26. The Morgan fingerprint density at radius 1 is 1.32 bits per heavy atom. The molecule has 1 aromatic heterocycles. The van der Waals surface area contributed by atoms with Crippen molar-refractivity contribution in [2.24, 2.45) is 5.73 Å². The van der Waals surface area contributed by atoms with Gasteiger partial charge in [0.15, 0.2) is 0 Å². The molecule has 0 saturated heterocycles. The third-order valence-corrected chi connectivity index (χ3v) is 4.78. The standard InChI is InChI=1S/C21H18FN5O/c1-21(2,11-24)15-7-6-13(8-16(15)22)18(9-19(25)28)27-12-26-17-5-3-4-14(10-23)20(17)27/h3-8,12,18H,9H2,1-2H3,(H2,25,28). The first-order chi connectivity index (χ1) is 13.3. The number of carbonyl (C=O) groups is 1. The maximum atomic E-state index is 14.8. The Morgan fingerprint density at radius 3 is 2.68 bits per heavy atom. The second-order valence-corrected chi connectivity index (χ2v) is 7.10. The average Bonchev–Trinajstić information content (AvgIpc) is 3.09. The van der Waals surface area contributed by atoms with Crippen LogP contribution in [0.15, 0.2) is 42.7 Å². The fraction of sp³-hybridized carbons (Fsp3) is 0.238. The van der Waals surface area contributed by atoms with Crippen LogP contribution < -0.4 is 5.73 Å². The van der Waals surface area contributed by atoms with Gasteiger partial charge in [0.25, 0.3) is 0 Å². The maximum Gasteiger partial charge on any atom is 0.219 e. The van der Waals surface area contributed by atoms with Crippen molar-refractivity contribution in [3.8, 4) is 12.1 Å². The summed E-state index contributed by atoms with van der Waals surface area (Å²) >= 11 is 0. The van der Waals surface area contributed by atoms with Crippen LogP contribution in [0.3, 0.4) is 0 Å². The van der Waals surface area contributed by atoms with Crippen LogP contribution in [0.1, 0.15) is 43.0 Å². The van der Waals surface area contributed by atoms with E-state index in [1.807, 2.05) is 0 Å². The first kappa shape index (κ1) is 19.1. The van der Waals surface area contributed by atoms with Gasteiger partial charge in [-0.2, -0.15) is 10.5 Å². The molecule has 7 heteroatoms. The van der Waals surface area contributed by atoms with Crippen LogP contribution in [0.4, 0.5) is 4.39 Å². The van der Waals surface area contributed by atoms with Crippen LogP contribution in [0.25, 0.3) is 11.0 Å². The molecule has 0 aliphatic heterocycles. The van der Waals surface area contributed by atoms with Gasteiger partial charge in [0.2, 0.25) is 5.91 Å². The van der Waals surface area contributed by atoms with Crippen molar-refractivity contribution in [2.75, 3.05) is 0 Å². The molecule has 1 heterocycles. The van der Waals surface area contributed by atoms with Crippen molar-refractivity contribution in [2.45, 2.75) is 31.7 Å². The van der Waals surface area contributed by atoms with Crippen LogP contribution in [0.5, 0.6) is 0 Å². The molecule has 0 aliphatic rings. The molecule has 28 heavy (non-hydrogen) atoms. The summed E-state index contributed by atoms with van der Waals surface area (Å²) in [4.78, 5) is 16.0. The smallest absolute Gasteiger partial charge is 0.219 e. The van der Waals surface area contributed by atoms with Crippen molar-refractivity contribution in [1.82, 2.24) is 9.55 Å². The summed E-state index contributed by atoms with van der Waals surface area (Å²) in [6.07, 6.45) is 1.43. The van der Waals surface area contributed by atoms with Gasteiger partial charge in [-0.1, -0.05) is 18.2 Å². The number of amides is 1. The van der Waals surface area contributed by atoms with Crippen LogP contribution in [-0.2, 0) is 10.2 Å². The van der Waals surface area contributed by atoms with E-state index in [2.05, 4.69) is 17.1 Å². The summed E-state index contributed by atoms with van der Waals surface area (Å²) in [5, 5.41) is 18.7. The summed E-state index contributed by atoms with van der Waals surface area (Å²) in [7, 11) is 0. The van der Waals surface area contributed by atoms with Crippen LogP contribution in [-0.4, -0.2) is 15.5 Å². The third-order valence-electron chi connectivity index (χ3n) is 4.78. The number of benzene rings is 2. The number of halogens is 1. The molecule has 1 amide bonds. The fourth-order valence-electron chi connectivity index (χ4n) is 3.29. The Bertz CT molecular complexity index is 1150. The van der Waals surface area contributed by atoms with Crippen molar-refractivity contribution < 1.29 is 9.18 Å². The number of nitrogens with zero attached hydrogens (tertiary/aromatic N) is 4. The molecule has 3 rings (SSSR count). The number of rotatable bonds is 5. The number of hydrogen-bond donors (Lipinski definition) is 1. The lowest BCUT2D eigenvalue weighted by Gasteiger charge is -2.22. The van der Waals surface area contributed by atoms with Crippen LogP contribution >= 0.6 is 0 Å². The van der Waals surface area contributed by atoms with Gasteiger partial charge < -0.3 is 10.3 Å². The molecule has 2 aromatic carbocycles. The number of nitrogens with two attached hydrogens (primary N) is 1.